The van der Waals surface area contributed by atoms with Gasteiger partial charge in [0.15, 0.2) is 0 Å². The molecule has 1 atom stereocenters. The highest BCUT2D eigenvalue weighted by Crippen LogP contribution is 2.24. The van der Waals surface area contributed by atoms with Gasteiger partial charge in [-0.3, -0.25) is 0 Å². The number of rotatable bonds is 4. The molecule has 2 aromatic rings. The van der Waals surface area contributed by atoms with Gasteiger partial charge >= 0.3 is 0 Å². The maximum Gasteiger partial charge on any atom is 0.123 e. The van der Waals surface area contributed by atoms with E-state index in [1.165, 1.54) is 0 Å². The van der Waals surface area contributed by atoms with Crippen LogP contribution >= 0.6 is 11.8 Å². The van der Waals surface area contributed by atoms with E-state index < -0.39 is 0 Å². The molecule has 0 amide bonds. The van der Waals surface area contributed by atoms with Crippen LogP contribution in [0.25, 0.3) is 11.3 Å². The van der Waals surface area contributed by atoms with Gasteiger partial charge in [0.05, 0.1) is 18.2 Å². The van der Waals surface area contributed by atoms with Crippen LogP contribution in [0.1, 0.15) is 13.0 Å². The van der Waals surface area contributed by atoms with Crippen LogP contribution in [-0.4, -0.2) is 26.5 Å². The highest BCUT2D eigenvalue weighted by molar-refractivity contribution is 7.98. The first kappa shape index (κ1) is 12.0. The summed E-state index contributed by atoms with van der Waals surface area (Å²) in [6.45, 7) is 2.19. The van der Waals surface area contributed by atoms with E-state index in [4.69, 9.17) is 5.73 Å². The summed E-state index contributed by atoms with van der Waals surface area (Å²) in [5, 5.41) is 0. The topological polar surface area (TPSA) is 56.7 Å². The van der Waals surface area contributed by atoms with E-state index in [2.05, 4.69) is 27.7 Å². The number of thioether (sulfide) groups is 1. The fourth-order valence-corrected chi connectivity index (χ4v) is 2.45. The van der Waals surface area contributed by atoms with Gasteiger partial charge in [-0.15, -0.1) is 0 Å². The van der Waals surface area contributed by atoms with Crippen LogP contribution in [0, 0.1) is 0 Å². The van der Waals surface area contributed by atoms with Crippen molar-refractivity contribution in [2.45, 2.75) is 13.0 Å². The average molecular weight is 248 g/mol. The highest BCUT2D eigenvalue weighted by Gasteiger charge is 2.10. The molecule has 0 radical (unpaired) electrons. The molecule has 0 saturated carbocycles. The molecule has 17 heavy (non-hydrogen) atoms. The Labute approximate surface area is 105 Å². The number of hydrogen-bond donors (Lipinski definition) is 1. The smallest absolute Gasteiger partial charge is 0.123 e. The van der Waals surface area contributed by atoms with Gasteiger partial charge in [0.25, 0.3) is 0 Å². The summed E-state index contributed by atoms with van der Waals surface area (Å²) >= 11 is 1.83. The summed E-state index contributed by atoms with van der Waals surface area (Å²) < 4.78 is 2.17. The lowest BCUT2D eigenvalue weighted by atomic mass is 10.2. The van der Waals surface area contributed by atoms with Crippen molar-refractivity contribution in [3.63, 3.8) is 0 Å². The molecule has 2 N–H and O–H groups in total. The Hall–Kier alpha value is -1.49. The van der Waals surface area contributed by atoms with E-state index >= 15 is 0 Å². The first-order valence-electron chi connectivity index (χ1n) is 5.45. The molecular formula is C12H16N4S. The van der Waals surface area contributed by atoms with Crippen LogP contribution in [0.2, 0.25) is 0 Å². The van der Waals surface area contributed by atoms with Gasteiger partial charge in [0, 0.05) is 23.6 Å². The van der Waals surface area contributed by atoms with Crippen LogP contribution < -0.4 is 5.73 Å². The molecule has 0 spiro atoms. The van der Waals surface area contributed by atoms with Crippen LogP contribution in [0.5, 0.6) is 0 Å². The Kier molecular flexibility index (Phi) is 3.68. The van der Waals surface area contributed by atoms with Crippen molar-refractivity contribution < 1.29 is 0 Å². The molecule has 2 heterocycles. The predicted octanol–water partition coefficient (Wildman–Crippen LogP) is 2.45. The Bertz CT molecular complexity index is 495. The van der Waals surface area contributed by atoms with Gasteiger partial charge < -0.3 is 10.3 Å². The van der Waals surface area contributed by atoms with Gasteiger partial charge in [0.2, 0.25) is 0 Å². The summed E-state index contributed by atoms with van der Waals surface area (Å²) in [6, 6.07) is 4.24. The Morgan fingerprint density at radius 1 is 1.53 bits per heavy atom. The number of imidazole rings is 1. The molecule has 1 unspecified atom stereocenters. The quantitative estimate of drug-likeness (QED) is 0.903. The number of anilines is 1. The molecule has 0 saturated heterocycles. The number of nitrogen functional groups attached to an aromatic ring is 1. The van der Waals surface area contributed by atoms with Crippen LogP contribution in [0.4, 0.5) is 5.82 Å². The predicted molar refractivity (Wildman–Crippen MR) is 73.0 cm³/mol. The van der Waals surface area contributed by atoms with Crippen molar-refractivity contribution >= 4 is 17.6 Å². The molecule has 0 fully saturated rings. The first-order chi connectivity index (χ1) is 8.22. The molecule has 0 aromatic carbocycles. The zero-order chi connectivity index (χ0) is 12.3. The number of pyridine rings is 1. The molecule has 0 bridgehead atoms. The maximum atomic E-state index is 5.70. The van der Waals surface area contributed by atoms with Gasteiger partial charge in [-0.25, -0.2) is 9.97 Å². The second-order valence-corrected chi connectivity index (χ2v) is 4.87. The van der Waals surface area contributed by atoms with Gasteiger partial charge in [-0.2, -0.15) is 11.8 Å². The first-order valence-corrected chi connectivity index (χ1v) is 6.84. The number of hydrogen-bond acceptors (Lipinski definition) is 4. The van der Waals surface area contributed by atoms with E-state index in [0.717, 1.165) is 17.0 Å². The Morgan fingerprint density at radius 3 is 3.06 bits per heavy atom. The average Bonchev–Trinajstić information content (AvgIpc) is 2.78. The van der Waals surface area contributed by atoms with Gasteiger partial charge in [0.1, 0.15) is 5.82 Å². The minimum atomic E-state index is 0.414. The minimum Gasteiger partial charge on any atom is -0.384 e. The largest absolute Gasteiger partial charge is 0.384 e. The van der Waals surface area contributed by atoms with Crippen molar-refractivity contribution in [2.75, 3.05) is 17.7 Å². The summed E-state index contributed by atoms with van der Waals surface area (Å²) in [5.41, 5.74) is 7.85. The minimum absolute atomic E-state index is 0.414. The lowest BCUT2D eigenvalue weighted by Crippen LogP contribution is -2.08. The van der Waals surface area contributed by atoms with Crippen molar-refractivity contribution in [1.82, 2.24) is 14.5 Å². The van der Waals surface area contributed by atoms with Crippen molar-refractivity contribution in [1.29, 1.82) is 0 Å². The number of aromatic nitrogens is 3. The second kappa shape index (κ2) is 5.23. The fraction of sp³-hybridized carbons (Fsp3) is 0.333. The van der Waals surface area contributed by atoms with E-state index in [1.807, 2.05) is 36.4 Å². The molecular weight excluding hydrogens is 232 g/mol. The van der Waals surface area contributed by atoms with E-state index in [1.54, 1.807) is 6.20 Å². The molecule has 2 aromatic heterocycles. The normalized spacial score (nSPS) is 12.6. The van der Waals surface area contributed by atoms with E-state index in [0.29, 0.717) is 11.9 Å². The zero-order valence-electron chi connectivity index (χ0n) is 10.00. The third kappa shape index (κ3) is 2.61. The van der Waals surface area contributed by atoms with Crippen LogP contribution in [0.3, 0.4) is 0 Å². The molecule has 4 nitrogen and oxygen atoms in total. The number of nitrogens with two attached hydrogens (primary N) is 1. The van der Waals surface area contributed by atoms with Crippen molar-refractivity contribution in [2.24, 2.45) is 0 Å². The molecule has 2 rings (SSSR count). The lowest BCUT2D eigenvalue weighted by Gasteiger charge is -2.15. The maximum absolute atomic E-state index is 5.70. The van der Waals surface area contributed by atoms with Crippen molar-refractivity contribution in [3.05, 3.63) is 30.9 Å². The third-order valence-corrected chi connectivity index (χ3v) is 3.44. The van der Waals surface area contributed by atoms with Crippen molar-refractivity contribution in [3.8, 4) is 11.3 Å². The van der Waals surface area contributed by atoms with Crippen LogP contribution in [0.15, 0.2) is 30.9 Å². The summed E-state index contributed by atoms with van der Waals surface area (Å²) in [7, 11) is 0. The summed E-state index contributed by atoms with van der Waals surface area (Å²) in [4.78, 5) is 8.23. The Morgan fingerprint density at radius 2 is 2.35 bits per heavy atom. The zero-order valence-corrected chi connectivity index (χ0v) is 10.8. The molecule has 90 valence electrons. The van der Waals surface area contributed by atoms with Crippen LogP contribution in [-0.2, 0) is 0 Å². The summed E-state index contributed by atoms with van der Waals surface area (Å²) in [5.74, 6) is 1.59. The number of nitrogens with zero attached hydrogens (tertiary/aromatic N) is 3. The highest BCUT2D eigenvalue weighted by atomic mass is 32.2. The van der Waals surface area contributed by atoms with E-state index in [-0.39, 0.29) is 0 Å². The van der Waals surface area contributed by atoms with Gasteiger partial charge in [-0.1, -0.05) is 0 Å². The standard InChI is InChI=1S/C12H16N4S/c1-9(7-17-2)16-8-14-6-11(16)10-3-4-15-12(13)5-10/h3-6,8-9H,7H2,1-2H3,(H2,13,15). The summed E-state index contributed by atoms with van der Waals surface area (Å²) in [6.07, 6.45) is 7.57. The third-order valence-electron chi connectivity index (χ3n) is 2.63. The second-order valence-electron chi connectivity index (χ2n) is 3.96. The molecule has 0 aliphatic heterocycles. The SMILES string of the molecule is CSCC(C)n1cncc1-c1ccnc(N)c1. The van der Waals surface area contributed by atoms with E-state index in [9.17, 15) is 0 Å². The molecule has 5 heteroatoms. The van der Waals surface area contributed by atoms with Gasteiger partial charge in [-0.05, 0) is 25.3 Å². The molecule has 0 aliphatic rings. The Balaban J connectivity index is 2.36. The lowest BCUT2D eigenvalue weighted by molar-refractivity contribution is 0.615. The fourth-order valence-electron chi connectivity index (χ4n) is 1.81. The monoisotopic (exact) mass is 248 g/mol. The molecule has 0 aliphatic carbocycles.